The smallest absolute Gasteiger partial charge is 0.0417 e. The van der Waals surface area contributed by atoms with Gasteiger partial charge in [-0.3, -0.25) is 0 Å². The van der Waals surface area contributed by atoms with Gasteiger partial charge in [-0.05, 0) is 43.9 Å². The quantitative estimate of drug-likeness (QED) is 0.750. The minimum atomic E-state index is 0.659. The van der Waals surface area contributed by atoms with Crippen LogP contribution in [0.25, 0.3) is 0 Å². The Morgan fingerprint density at radius 1 is 1.06 bits per heavy atom. The molecule has 2 fully saturated rings. The van der Waals surface area contributed by atoms with E-state index in [4.69, 9.17) is 5.73 Å². The van der Waals surface area contributed by atoms with Gasteiger partial charge in [0.2, 0.25) is 0 Å². The van der Waals surface area contributed by atoms with E-state index in [1.54, 1.807) is 0 Å². The highest BCUT2D eigenvalue weighted by Gasteiger charge is 2.44. The molecule has 2 nitrogen and oxygen atoms in total. The molecule has 1 aromatic rings. The third-order valence-electron chi connectivity index (χ3n) is 4.64. The molecule has 2 N–H and O–H groups in total. The first kappa shape index (κ1) is 10.9. The van der Waals surface area contributed by atoms with E-state index in [2.05, 4.69) is 30.9 Å². The molecule has 3 rings (SSSR count). The highest BCUT2D eigenvalue weighted by Crippen LogP contribution is 2.47. The molecule has 0 amide bonds. The van der Waals surface area contributed by atoms with Crippen LogP contribution < -0.4 is 10.6 Å². The van der Waals surface area contributed by atoms with Crippen molar-refractivity contribution in [3.63, 3.8) is 0 Å². The van der Waals surface area contributed by atoms with E-state index >= 15 is 0 Å². The van der Waals surface area contributed by atoms with E-state index < -0.39 is 0 Å². The first-order valence-corrected chi connectivity index (χ1v) is 6.71. The maximum absolute atomic E-state index is 6.02. The van der Waals surface area contributed by atoms with Gasteiger partial charge in [0.25, 0.3) is 0 Å². The van der Waals surface area contributed by atoms with Crippen LogP contribution in [0.4, 0.5) is 11.4 Å². The Labute approximate surface area is 104 Å². The number of anilines is 2. The molecular weight excluding hydrogens is 208 g/mol. The van der Waals surface area contributed by atoms with Gasteiger partial charge in [0.15, 0.2) is 0 Å². The zero-order valence-corrected chi connectivity index (χ0v) is 10.9. The van der Waals surface area contributed by atoms with Crippen LogP contribution in [0.2, 0.25) is 0 Å². The number of benzene rings is 1. The van der Waals surface area contributed by atoms with Crippen LogP contribution >= 0.6 is 0 Å². The molecule has 2 heteroatoms. The molecule has 1 saturated carbocycles. The van der Waals surface area contributed by atoms with E-state index in [1.807, 2.05) is 0 Å². The van der Waals surface area contributed by atoms with Crippen molar-refractivity contribution in [2.75, 3.05) is 23.7 Å². The molecular formula is C15H22N2. The molecule has 1 aliphatic heterocycles. The molecule has 92 valence electrons. The van der Waals surface area contributed by atoms with Gasteiger partial charge in [0, 0.05) is 29.9 Å². The van der Waals surface area contributed by atoms with Crippen molar-refractivity contribution in [1.29, 1.82) is 0 Å². The van der Waals surface area contributed by atoms with Gasteiger partial charge in [0.05, 0.1) is 0 Å². The van der Waals surface area contributed by atoms with Crippen molar-refractivity contribution in [2.24, 2.45) is 5.41 Å². The van der Waals surface area contributed by atoms with Gasteiger partial charge in [-0.1, -0.05) is 18.9 Å². The van der Waals surface area contributed by atoms with E-state index in [1.165, 1.54) is 55.6 Å². The molecule has 0 aromatic heterocycles. The third kappa shape index (κ3) is 1.70. The average Bonchev–Trinajstić information content (AvgIpc) is 2.70. The molecule has 2 aliphatic rings. The third-order valence-corrected chi connectivity index (χ3v) is 4.64. The van der Waals surface area contributed by atoms with Gasteiger partial charge in [-0.2, -0.15) is 0 Å². The minimum absolute atomic E-state index is 0.659. The van der Waals surface area contributed by atoms with Crippen LogP contribution in [0.1, 0.15) is 36.8 Å². The van der Waals surface area contributed by atoms with E-state index in [0.29, 0.717) is 5.41 Å². The summed E-state index contributed by atoms with van der Waals surface area (Å²) in [6.45, 7) is 6.77. The summed E-state index contributed by atoms with van der Waals surface area (Å²) in [5.74, 6) is 0. The van der Waals surface area contributed by atoms with E-state index in [9.17, 15) is 0 Å². The van der Waals surface area contributed by atoms with Crippen molar-refractivity contribution in [2.45, 2.75) is 39.5 Å². The largest absolute Gasteiger partial charge is 0.398 e. The minimum Gasteiger partial charge on any atom is -0.398 e. The van der Waals surface area contributed by atoms with Crippen LogP contribution in [0.15, 0.2) is 12.1 Å². The Morgan fingerprint density at radius 3 is 2.35 bits per heavy atom. The lowest BCUT2D eigenvalue weighted by Crippen LogP contribution is -2.55. The van der Waals surface area contributed by atoms with Crippen LogP contribution in [-0.2, 0) is 0 Å². The molecule has 1 saturated heterocycles. The predicted octanol–water partition coefficient (Wildman–Crippen LogP) is 3.27. The fraction of sp³-hybridized carbons (Fsp3) is 0.600. The predicted molar refractivity (Wildman–Crippen MR) is 73.4 cm³/mol. The number of hydrogen-bond donors (Lipinski definition) is 1. The SMILES string of the molecule is Cc1cc(C)c(N2CC3(CCCC3)C2)cc1N. The molecule has 17 heavy (non-hydrogen) atoms. The van der Waals surface area contributed by atoms with Crippen LogP contribution in [0.3, 0.4) is 0 Å². The molecule has 1 spiro atoms. The molecule has 1 heterocycles. The highest BCUT2D eigenvalue weighted by molar-refractivity contribution is 5.65. The Kier molecular flexibility index (Phi) is 2.35. The summed E-state index contributed by atoms with van der Waals surface area (Å²) >= 11 is 0. The number of nitrogen functional groups attached to an aromatic ring is 1. The highest BCUT2D eigenvalue weighted by atomic mass is 15.2. The molecule has 0 bridgehead atoms. The van der Waals surface area contributed by atoms with E-state index in [-0.39, 0.29) is 0 Å². The summed E-state index contributed by atoms with van der Waals surface area (Å²) < 4.78 is 0. The normalized spacial score (nSPS) is 21.9. The van der Waals surface area contributed by atoms with E-state index in [0.717, 1.165) is 5.69 Å². The van der Waals surface area contributed by atoms with Crippen molar-refractivity contribution >= 4 is 11.4 Å². The van der Waals surface area contributed by atoms with Gasteiger partial charge < -0.3 is 10.6 Å². The summed E-state index contributed by atoms with van der Waals surface area (Å²) in [7, 11) is 0. The van der Waals surface area contributed by atoms with Crippen LogP contribution in [-0.4, -0.2) is 13.1 Å². The Morgan fingerprint density at radius 2 is 1.71 bits per heavy atom. The number of aryl methyl sites for hydroxylation is 2. The van der Waals surface area contributed by atoms with Gasteiger partial charge in [-0.15, -0.1) is 0 Å². The Balaban J connectivity index is 1.80. The molecule has 0 atom stereocenters. The second-order valence-corrected chi connectivity index (χ2v) is 6.06. The first-order valence-electron chi connectivity index (χ1n) is 6.71. The van der Waals surface area contributed by atoms with Gasteiger partial charge >= 0.3 is 0 Å². The number of nitrogens with zero attached hydrogens (tertiary/aromatic N) is 1. The van der Waals surface area contributed by atoms with Crippen molar-refractivity contribution in [1.82, 2.24) is 0 Å². The number of hydrogen-bond acceptors (Lipinski definition) is 2. The number of nitrogens with two attached hydrogens (primary N) is 1. The van der Waals surface area contributed by atoms with Crippen molar-refractivity contribution in [3.8, 4) is 0 Å². The average molecular weight is 230 g/mol. The lowest BCUT2D eigenvalue weighted by Gasteiger charge is -2.50. The standard InChI is InChI=1S/C15H22N2/c1-11-7-12(2)14(8-13(11)16)17-9-15(10-17)5-3-4-6-15/h7-8H,3-6,9-10,16H2,1-2H3. The summed E-state index contributed by atoms with van der Waals surface area (Å²) in [4.78, 5) is 2.51. The molecule has 0 radical (unpaired) electrons. The zero-order chi connectivity index (χ0) is 12.0. The monoisotopic (exact) mass is 230 g/mol. The zero-order valence-electron chi connectivity index (χ0n) is 10.9. The van der Waals surface area contributed by atoms with Crippen molar-refractivity contribution in [3.05, 3.63) is 23.3 Å². The summed E-state index contributed by atoms with van der Waals surface area (Å²) in [5, 5.41) is 0. The van der Waals surface area contributed by atoms with Crippen molar-refractivity contribution < 1.29 is 0 Å². The fourth-order valence-electron chi connectivity index (χ4n) is 3.57. The first-order chi connectivity index (χ1) is 8.10. The Bertz CT molecular complexity index is 436. The van der Waals surface area contributed by atoms with Gasteiger partial charge in [-0.25, -0.2) is 0 Å². The lowest BCUT2D eigenvalue weighted by atomic mass is 9.77. The topological polar surface area (TPSA) is 29.3 Å². The summed E-state index contributed by atoms with van der Waals surface area (Å²) in [6.07, 6.45) is 5.74. The molecule has 1 aromatic carbocycles. The number of rotatable bonds is 1. The fourth-order valence-corrected chi connectivity index (χ4v) is 3.57. The second kappa shape index (κ2) is 3.66. The second-order valence-electron chi connectivity index (χ2n) is 6.06. The summed E-state index contributed by atoms with van der Waals surface area (Å²) in [6, 6.07) is 4.37. The maximum Gasteiger partial charge on any atom is 0.0417 e. The molecule has 0 unspecified atom stereocenters. The maximum atomic E-state index is 6.02. The lowest BCUT2D eigenvalue weighted by molar-refractivity contribution is 0.222. The van der Waals surface area contributed by atoms with Crippen LogP contribution in [0.5, 0.6) is 0 Å². The summed E-state index contributed by atoms with van der Waals surface area (Å²) in [5.41, 5.74) is 11.5. The van der Waals surface area contributed by atoms with Gasteiger partial charge in [0.1, 0.15) is 0 Å². The Hall–Kier alpha value is -1.18. The van der Waals surface area contributed by atoms with Crippen LogP contribution in [0, 0.1) is 19.3 Å². The molecule has 1 aliphatic carbocycles.